The minimum atomic E-state index is 0.345. The van der Waals surface area contributed by atoms with Gasteiger partial charge in [-0.3, -0.25) is 0 Å². The van der Waals surface area contributed by atoms with E-state index < -0.39 is 0 Å². The van der Waals surface area contributed by atoms with Crippen LogP contribution < -0.4 is 20.1 Å². The molecule has 26 heavy (non-hydrogen) atoms. The van der Waals surface area contributed by atoms with Crippen LogP contribution in [0.5, 0.6) is 11.5 Å². The average Bonchev–Trinajstić information content (AvgIpc) is 2.68. The number of hydrogen-bond donors (Lipinski definition) is 2. The predicted octanol–water partition coefficient (Wildman–Crippen LogP) is 3.90. The lowest BCUT2D eigenvalue weighted by molar-refractivity contribution is 0.395. The van der Waals surface area contributed by atoms with Crippen LogP contribution in [0.3, 0.4) is 0 Å². The number of benzene rings is 2. The second-order valence-corrected chi connectivity index (χ2v) is 5.71. The van der Waals surface area contributed by atoms with Crippen LogP contribution in [0, 0.1) is 0 Å². The molecule has 0 amide bonds. The third kappa shape index (κ3) is 4.31. The van der Waals surface area contributed by atoms with Crippen molar-refractivity contribution in [1.82, 2.24) is 15.2 Å². The van der Waals surface area contributed by atoms with Crippen molar-refractivity contribution in [3.63, 3.8) is 0 Å². The highest BCUT2D eigenvalue weighted by atomic mass is 35.5. The minimum absolute atomic E-state index is 0.345. The number of methoxy groups -OCH3 is 2. The van der Waals surface area contributed by atoms with Crippen molar-refractivity contribution in [3.05, 3.63) is 59.2 Å². The van der Waals surface area contributed by atoms with E-state index in [2.05, 4.69) is 25.8 Å². The summed E-state index contributed by atoms with van der Waals surface area (Å²) in [5.41, 5.74) is 1.68. The first-order valence-electron chi connectivity index (χ1n) is 7.85. The topological polar surface area (TPSA) is 81.2 Å². The first-order valence-corrected chi connectivity index (χ1v) is 8.23. The molecule has 7 nitrogen and oxygen atoms in total. The zero-order valence-electron chi connectivity index (χ0n) is 14.4. The molecule has 1 aromatic heterocycles. The van der Waals surface area contributed by atoms with Gasteiger partial charge in [-0.05, 0) is 23.8 Å². The second kappa shape index (κ2) is 8.35. The largest absolute Gasteiger partial charge is 0.497 e. The summed E-state index contributed by atoms with van der Waals surface area (Å²) in [6.07, 6.45) is 1.55. The number of halogens is 1. The summed E-state index contributed by atoms with van der Waals surface area (Å²) in [5, 5.41) is 14.9. The molecule has 0 aliphatic heterocycles. The lowest BCUT2D eigenvalue weighted by Gasteiger charge is -2.12. The number of anilines is 3. The van der Waals surface area contributed by atoms with Crippen molar-refractivity contribution < 1.29 is 9.47 Å². The van der Waals surface area contributed by atoms with Gasteiger partial charge >= 0.3 is 0 Å². The number of rotatable bonds is 7. The Morgan fingerprint density at radius 1 is 1.08 bits per heavy atom. The van der Waals surface area contributed by atoms with E-state index >= 15 is 0 Å². The van der Waals surface area contributed by atoms with Crippen LogP contribution in [-0.2, 0) is 6.54 Å². The van der Waals surface area contributed by atoms with E-state index in [0.29, 0.717) is 40.5 Å². The summed E-state index contributed by atoms with van der Waals surface area (Å²) in [7, 11) is 3.18. The number of hydrogen-bond acceptors (Lipinski definition) is 7. The summed E-state index contributed by atoms with van der Waals surface area (Å²) < 4.78 is 10.6. The third-order valence-corrected chi connectivity index (χ3v) is 4.00. The van der Waals surface area contributed by atoms with Crippen molar-refractivity contribution in [1.29, 1.82) is 0 Å². The lowest BCUT2D eigenvalue weighted by atomic mass is 10.2. The Balaban J connectivity index is 1.72. The Labute approximate surface area is 156 Å². The van der Waals surface area contributed by atoms with Gasteiger partial charge in [-0.15, -0.1) is 5.10 Å². The zero-order chi connectivity index (χ0) is 18.4. The molecule has 0 fully saturated rings. The fourth-order valence-electron chi connectivity index (χ4n) is 2.29. The van der Waals surface area contributed by atoms with Gasteiger partial charge in [0.1, 0.15) is 11.5 Å². The van der Waals surface area contributed by atoms with Gasteiger partial charge in [0, 0.05) is 17.6 Å². The van der Waals surface area contributed by atoms with Crippen LogP contribution in [0.25, 0.3) is 0 Å². The Morgan fingerprint density at radius 3 is 2.69 bits per heavy atom. The molecule has 0 saturated carbocycles. The van der Waals surface area contributed by atoms with Crippen LogP contribution in [0.4, 0.5) is 17.5 Å². The predicted molar refractivity (Wildman–Crippen MR) is 101 cm³/mol. The molecule has 0 aliphatic carbocycles. The molecule has 3 aromatic rings. The Morgan fingerprint density at radius 2 is 1.92 bits per heavy atom. The summed E-state index contributed by atoms with van der Waals surface area (Å²) in [6, 6.07) is 13.0. The van der Waals surface area contributed by atoms with Crippen molar-refractivity contribution in [2.24, 2.45) is 0 Å². The van der Waals surface area contributed by atoms with E-state index in [-0.39, 0.29) is 0 Å². The summed E-state index contributed by atoms with van der Waals surface area (Å²) >= 11 is 6.16. The quantitative estimate of drug-likeness (QED) is 0.651. The van der Waals surface area contributed by atoms with Crippen molar-refractivity contribution in [2.45, 2.75) is 6.54 Å². The van der Waals surface area contributed by atoms with Gasteiger partial charge in [-0.1, -0.05) is 29.8 Å². The van der Waals surface area contributed by atoms with Crippen LogP contribution in [0.1, 0.15) is 5.56 Å². The van der Waals surface area contributed by atoms with Crippen LogP contribution in [-0.4, -0.2) is 29.4 Å². The first kappa shape index (κ1) is 17.8. The molecule has 0 atom stereocenters. The van der Waals surface area contributed by atoms with E-state index in [1.54, 1.807) is 26.5 Å². The molecule has 0 aliphatic rings. The van der Waals surface area contributed by atoms with Gasteiger partial charge in [0.2, 0.25) is 5.95 Å². The Bertz CT molecular complexity index is 891. The molecule has 0 bridgehead atoms. The molecule has 3 rings (SSSR count). The number of ether oxygens (including phenoxy) is 2. The van der Waals surface area contributed by atoms with Gasteiger partial charge < -0.3 is 20.1 Å². The van der Waals surface area contributed by atoms with E-state index in [0.717, 1.165) is 5.56 Å². The highest BCUT2D eigenvalue weighted by molar-refractivity contribution is 6.31. The number of nitrogens with zero attached hydrogens (tertiary/aromatic N) is 3. The van der Waals surface area contributed by atoms with Gasteiger partial charge in [-0.25, -0.2) is 0 Å². The first-order chi connectivity index (χ1) is 12.7. The van der Waals surface area contributed by atoms with Gasteiger partial charge in [-0.2, -0.15) is 10.1 Å². The molecule has 1 heterocycles. The maximum atomic E-state index is 6.16. The summed E-state index contributed by atoms with van der Waals surface area (Å²) in [6.45, 7) is 0.531. The molecule has 0 radical (unpaired) electrons. The molecular weight excluding hydrogens is 354 g/mol. The van der Waals surface area contributed by atoms with Crippen LogP contribution in [0.2, 0.25) is 5.02 Å². The maximum Gasteiger partial charge on any atom is 0.249 e. The van der Waals surface area contributed by atoms with E-state index in [1.807, 2.05) is 36.4 Å². The third-order valence-electron chi connectivity index (χ3n) is 3.63. The molecule has 2 aromatic carbocycles. The molecule has 8 heteroatoms. The summed E-state index contributed by atoms with van der Waals surface area (Å²) in [5.74, 6) is 2.23. The van der Waals surface area contributed by atoms with Gasteiger partial charge in [0.15, 0.2) is 5.82 Å². The van der Waals surface area contributed by atoms with Crippen molar-refractivity contribution in [2.75, 3.05) is 24.9 Å². The zero-order valence-corrected chi connectivity index (χ0v) is 15.1. The minimum Gasteiger partial charge on any atom is -0.497 e. The Hall–Kier alpha value is -3.06. The van der Waals surface area contributed by atoms with Gasteiger partial charge in [0.05, 0.1) is 26.1 Å². The van der Waals surface area contributed by atoms with Crippen LogP contribution >= 0.6 is 11.6 Å². The van der Waals surface area contributed by atoms with E-state index in [1.165, 1.54) is 0 Å². The molecule has 134 valence electrons. The fourth-order valence-corrected chi connectivity index (χ4v) is 2.49. The standard InChI is InChI=1S/C18H18ClN5O2/c1-25-13-7-8-15(16(9-13)26-2)22-18-23-17(11-21-24-18)20-10-12-5-3-4-6-14(12)19/h3-9,11H,10H2,1-2H3,(H2,20,22,23,24). The van der Waals surface area contributed by atoms with Gasteiger partial charge in [0.25, 0.3) is 0 Å². The second-order valence-electron chi connectivity index (χ2n) is 5.30. The summed E-state index contributed by atoms with van der Waals surface area (Å²) in [4.78, 5) is 4.41. The van der Waals surface area contributed by atoms with E-state index in [9.17, 15) is 0 Å². The SMILES string of the molecule is COc1ccc(Nc2nncc(NCc3ccccc3Cl)n2)c(OC)c1. The van der Waals surface area contributed by atoms with E-state index in [4.69, 9.17) is 21.1 Å². The molecule has 0 spiro atoms. The average molecular weight is 372 g/mol. The normalized spacial score (nSPS) is 10.3. The molecule has 0 unspecified atom stereocenters. The molecule has 0 saturated heterocycles. The highest BCUT2D eigenvalue weighted by Gasteiger charge is 2.08. The smallest absolute Gasteiger partial charge is 0.249 e. The fraction of sp³-hybridized carbons (Fsp3) is 0.167. The maximum absolute atomic E-state index is 6.16. The molecular formula is C18H18ClN5O2. The number of aromatic nitrogens is 3. The van der Waals surface area contributed by atoms with Crippen molar-refractivity contribution in [3.8, 4) is 11.5 Å². The van der Waals surface area contributed by atoms with Crippen LogP contribution in [0.15, 0.2) is 48.7 Å². The van der Waals surface area contributed by atoms with Crippen molar-refractivity contribution >= 4 is 29.1 Å². The highest BCUT2D eigenvalue weighted by Crippen LogP contribution is 2.30. The lowest BCUT2D eigenvalue weighted by Crippen LogP contribution is -2.06. The monoisotopic (exact) mass is 371 g/mol. The Kier molecular flexibility index (Phi) is 5.70. The molecule has 2 N–H and O–H groups in total. The number of nitrogens with one attached hydrogen (secondary N) is 2.